The number of nitrogens with one attached hydrogen (secondary N) is 2. The van der Waals surface area contributed by atoms with Crippen LogP contribution in [0.2, 0.25) is 0 Å². The van der Waals surface area contributed by atoms with E-state index < -0.39 is 5.25 Å². The molecule has 3 amide bonds. The van der Waals surface area contributed by atoms with Crippen molar-refractivity contribution in [3.8, 4) is 0 Å². The second kappa shape index (κ2) is 10.7. The quantitative estimate of drug-likeness (QED) is 0.654. The van der Waals surface area contributed by atoms with Crippen molar-refractivity contribution in [3.63, 3.8) is 0 Å². The molecule has 3 heterocycles. The Hall–Kier alpha value is -3.40. The molecule has 1 fully saturated rings. The fraction of sp³-hybridized carbons (Fsp3) is 0.375. The highest BCUT2D eigenvalue weighted by atomic mass is 32.2. The highest BCUT2D eigenvalue weighted by Gasteiger charge is 2.33. The number of hydrogen-bond donors (Lipinski definition) is 2. The largest absolute Gasteiger partial charge is 0.361 e. The summed E-state index contributed by atoms with van der Waals surface area (Å²) in [5.74, 6) is -0.125. The van der Waals surface area contributed by atoms with Gasteiger partial charge >= 0.3 is 0 Å². The van der Waals surface area contributed by atoms with Crippen molar-refractivity contribution in [2.45, 2.75) is 30.9 Å². The standard InChI is InChI=1S/C24H28N6O3S/c1-29(2)21-18(7-6-12-25-21)27-22(32)16-8-10-17(11-9-16)26-20(31)15-19-23(33)28-24(34-19)30-13-4-3-5-14-30/h6-12,19H,3-5,13-15H2,1-2H3,(H,26,31)(H,27,32). The molecule has 1 aromatic heterocycles. The van der Waals surface area contributed by atoms with E-state index in [4.69, 9.17) is 0 Å². The number of piperidine rings is 1. The Balaban J connectivity index is 1.30. The lowest BCUT2D eigenvalue weighted by Crippen LogP contribution is -2.33. The lowest BCUT2D eigenvalue weighted by atomic mass is 10.1. The van der Waals surface area contributed by atoms with Crippen LogP contribution in [0.25, 0.3) is 0 Å². The zero-order valence-electron chi connectivity index (χ0n) is 19.3. The van der Waals surface area contributed by atoms with Gasteiger partial charge in [-0.2, -0.15) is 4.99 Å². The minimum Gasteiger partial charge on any atom is -0.361 e. The van der Waals surface area contributed by atoms with E-state index in [1.54, 1.807) is 42.6 Å². The van der Waals surface area contributed by atoms with Crippen LogP contribution in [0.15, 0.2) is 47.6 Å². The average molecular weight is 481 g/mol. The third-order valence-corrected chi connectivity index (χ3v) is 6.83. The van der Waals surface area contributed by atoms with Crippen LogP contribution in [0.4, 0.5) is 17.2 Å². The Morgan fingerprint density at radius 3 is 2.53 bits per heavy atom. The molecule has 178 valence electrons. The summed E-state index contributed by atoms with van der Waals surface area (Å²) in [6.07, 6.45) is 5.13. The molecule has 2 aliphatic rings. The number of aliphatic imine (C=N–C) groups is 1. The summed E-state index contributed by atoms with van der Waals surface area (Å²) in [5, 5.41) is 5.92. The number of carbonyl (C=O) groups is 3. The van der Waals surface area contributed by atoms with E-state index >= 15 is 0 Å². The maximum Gasteiger partial charge on any atom is 0.262 e. The number of thioether (sulfide) groups is 1. The molecule has 1 unspecified atom stereocenters. The molecule has 0 bridgehead atoms. The van der Waals surface area contributed by atoms with Crippen LogP contribution in [-0.4, -0.2) is 65.2 Å². The zero-order valence-corrected chi connectivity index (χ0v) is 20.1. The van der Waals surface area contributed by atoms with E-state index in [1.807, 2.05) is 19.0 Å². The number of aromatic nitrogens is 1. The van der Waals surface area contributed by atoms with E-state index in [0.717, 1.165) is 31.1 Å². The number of carbonyl (C=O) groups excluding carboxylic acids is 3. The molecule has 0 radical (unpaired) electrons. The van der Waals surface area contributed by atoms with E-state index in [9.17, 15) is 14.4 Å². The summed E-state index contributed by atoms with van der Waals surface area (Å²) in [5.41, 5.74) is 1.62. The van der Waals surface area contributed by atoms with Crippen molar-refractivity contribution in [1.82, 2.24) is 9.88 Å². The Morgan fingerprint density at radius 2 is 1.82 bits per heavy atom. The SMILES string of the molecule is CN(C)c1ncccc1NC(=O)c1ccc(NC(=O)CC2SC(N3CCCCC3)=NC2=O)cc1. The molecule has 34 heavy (non-hydrogen) atoms. The van der Waals surface area contributed by atoms with Crippen molar-refractivity contribution in [3.05, 3.63) is 48.2 Å². The van der Waals surface area contributed by atoms with Gasteiger partial charge in [0.05, 0.1) is 5.69 Å². The Bertz CT molecular complexity index is 1100. The van der Waals surface area contributed by atoms with Crippen LogP contribution in [0.1, 0.15) is 36.0 Å². The Kier molecular flexibility index (Phi) is 7.46. The highest BCUT2D eigenvalue weighted by Crippen LogP contribution is 2.29. The second-order valence-electron chi connectivity index (χ2n) is 8.44. The van der Waals surface area contributed by atoms with Crippen LogP contribution in [0.3, 0.4) is 0 Å². The van der Waals surface area contributed by atoms with E-state index in [0.29, 0.717) is 22.8 Å². The van der Waals surface area contributed by atoms with Crippen molar-refractivity contribution in [1.29, 1.82) is 0 Å². The first kappa shape index (κ1) is 23.7. The van der Waals surface area contributed by atoms with Gasteiger partial charge in [0, 0.05) is 51.1 Å². The molecule has 0 spiro atoms. The van der Waals surface area contributed by atoms with Crippen molar-refractivity contribution in [2.75, 3.05) is 42.7 Å². The summed E-state index contributed by atoms with van der Waals surface area (Å²) in [6, 6.07) is 10.2. The first-order valence-electron chi connectivity index (χ1n) is 11.3. The lowest BCUT2D eigenvalue weighted by Gasteiger charge is -2.27. The molecule has 10 heteroatoms. The van der Waals surface area contributed by atoms with Gasteiger partial charge in [0.1, 0.15) is 5.25 Å². The zero-order chi connectivity index (χ0) is 24.1. The van der Waals surface area contributed by atoms with Gasteiger partial charge in [-0.15, -0.1) is 0 Å². The van der Waals surface area contributed by atoms with Crippen LogP contribution < -0.4 is 15.5 Å². The summed E-state index contributed by atoms with van der Waals surface area (Å²) >= 11 is 1.38. The fourth-order valence-electron chi connectivity index (χ4n) is 3.86. The van der Waals surface area contributed by atoms with Crippen LogP contribution in [0, 0.1) is 0 Å². The molecule has 2 aromatic rings. The third-order valence-electron chi connectivity index (χ3n) is 5.62. The van der Waals surface area contributed by atoms with Gasteiger partial charge in [-0.3, -0.25) is 14.4 Å². The fourth-order valence-corrected chi connectivity index (χ4v) is 4.98. The van der Waals surface area contributed by atoms with Gasteiger partial charge in [-0.05, 0) is 55.7 Å². The number of likely N-dealkylation sites (tertiary alicyclic amines) is 1. The lowest BCUT2D eigenvalue weighted by molar-refractivity contribution is -0.121. The van der Waals surface area contributed by atoms with Crippen LogP contribution in [0.5, 0.6) is 0 Å². The first-order valence-corrected chi connectivity index (χ1v) is 12.2. The molecule has 1 atom stereocenters. The monoisotopic (exact) mass is 480 g/mol. The Morgan fingerprint density at radius 1 is 1.09 bits per heavy atom. The Labute approximate surface area is 203 Å². The topological polar surface area (TPSA) is 107 Å². The molecular formula is C24H28N6O3S. The van der Waals surface area contributed by atoms with Gasteiger partial charge < -0.3 is 20.4 Å². The minimum atomic E-state index is -0.493. The summed E-state index contributed by atoms with van der Waals surface area (Å²) in [4.78, 5) is 49.9. The van der Waals surface area contributed by atoms with Gasteiger partial charge in [0.15, 0.2) is 11.0 Å². The normalized spacial score (nSPS) is 17.8. The molecule has 1 saturated heterocycles. The van der Waals surface area contributed by atoms with E-state index in [2.05, 4.69) is 25.5 Å². The minimum absolute atomic E-state index is 0.0564. The number of benzene rings is 1. The molecule has 1 aromatic carbocycles. The maximum atomic E-state index is 12.6. The van der Waals surface area contributed by atoms with Crippen molar-refractivity contribution in [2.24, 2.45) is 4.99 Å². The molecular weight excluding hydrogens is 452 g/mol. The molecule has 2 N–H and O–H groups in total. The molecule has 9 nitrogen and oxygen atoms in total. The predicted molar refractivity (Wildman–Crippen MR) is 135 cm³/mol. The maximum absolute atomic E-state index is 12.6. The number of nitrogens with zero attached hydrogens (tertiary/aromatic N) is 4. The van der Waals surface area contributed by atoms with Gasteiger partial charge in [-0.1, -0.05) is 11.8 Å². The number of anilines is 3. The van der Waals surface area contributed by atoms with Gasteiger partial charge in [0.2, 0.25) is 5.91 Å². The van der Waals surface area contributed by atoms with Gasteiger partial charge in [-0.25, -0.2) is 4.98 Å². The number of amidine groups is 1. The number of pyridine rings is 1. The highest BCUT2D eigenvalue weighted by molar-refractivity contribution is 8.15. The second-order valence-corrected chi connectivity index (χ2v) is 9.61. The first-order chi connectivity index (χ1) is 16.4. The number of hydrogen-bond acceptors (Lipinski definition) is 7. The van der Waals surface area contributed by atoms with Crippen LogP contribution >= 0.6 is 11.8 Å². The van der Waals surface area contributed by atoms with E-state index in [-0.39, 0.29) is 24.1 Å². The smallest absolute Gasteiger partial charge is 0.262 e. The number of amides is 3. The molecule has 4 rings (SSSR count). The van der Waals surface area contributed by atoms with Crippen molar-refractivity contribution >= 4 is 51.8 Å². The average Bonchev–Trinajstić information content (AvgIpc) is 3.20. The molecule has 0 saturated carbocycles. The van der Waals surface area contributed by atoms with E-state index in [1.165, 1.54) is 18.2 Å². The summed E-state index contributed by atoms with van der Waals surface area (Å²) < 4.78 is 0. The predicted octanol–water partition coefficient (Wildman–Crippen LogP) is 3.21. The molecule has 0 aliphatic carbocycles. The number of rotatable bonds is 6. The summed E-state index contributed by atoms with van der Waals surface area (Å²) in [6.45, 7) is 1.82. The van der Waals surface area contributed by atoms with Crippen LogP contribution in [-0.2, 0) is 9.59 Å². The molecule has 2 aliphatic heterocycles. The summed E-state index contributed by atoms with van der Waals surface area (Å²) in [7, 11) is 3.71. The van der Waals surface area contributed by atoms with Crippen molar-refractivity contribution < 1.29 is 14.4 Å². The van der Waals surface area contributed by atoms with Gasteiger partial charge in [0.25, 0.3) is 11.8 Å². The third kappa shape index (κ3) is 5.74.